The highest BCUT2D eigenvalue weighted by Crippen LogP contribution is 2.29. The minimum Gasteiger partial charge on any atom is -0.493 e. The Labute approximate surface area is 153 Å². The van der Waals surface area contributed by atoms with Crippen molar-refractivity contribution in [3.05, 3.63) is 54.1 Å². The van der Waals surface area contributed by atoms with Crippen LogP contribution in [0.5, 0.6) is 11.5 Å². The lowest BCUT2D eigenvalue weighted by Crippen LogP contribution is -2.23. The second-order valence-corrected chi connectivity index (χ2v) is 7.01. The Hall–Kier alpha value is -2.14. The molecule has 2 rings (SSSR count). The molecule has 1 amide bonds. The highest BCUT2D eigenvalue weighted by atomic mass is 32.2. The van der Waals surface area contributed by atoms with E-state index in [0.29, 0.717) is 24.5 Å². The number of carbonyl (C=O) groups is 1. The van der Waals surface area contributed by atoms with Crippen LogP contribution in [0.4, 0.5) is 0 Å². The highest BCUT2D eigenvalue weighted by Gasteiger charge is 2.08. The molecule has 0 saturated carbocycles. The molecule has 0 radical (unpaired) electrons. The number of rotatable bonds is 9. The van der Waals surface area contributed by atoms with Crippen molar-refractivity contribution < 1.29 is 14.3 Å². The van der Waals surface area contributed by atoms with Crippen molar-refractivity contribution in [1.29, 1.82) is 0 Å². The van der Waals surface area contributed by atoms with E-state index in [1.54, 1.807) is 18.9 Å². The van der Waals surface area contributed by atoms with Gasteiger partial charge >= 0.3 is 0 Å². The van der Waals surface area contributed by atoms with Crippen molar-refractivity contribution in [1.82, 2.24) is 5.32 Å². The van der Waals surface area contributed by atoms with Gasteiger partial charge in [-0.05, 0) is 43.7 Å². The predicted molar refractivity (Wildman–Crippen MR) is 102 cm³/mol. The number of carbonyl (C=O) groups excluding carboxylic acids is 1. The average Bonchev–Trinajstić information content (AvgIpc) is 2.61. The second kappa shape index (κ2) is 9.99. The van der Waals surface area contributed by atoms with E-state index in [2.05, 4.69) is 17.4 Å². The van der Waals surface area contributed by atoms with Crippen LogP contribution in [-0.2, 0) is 11.3 Å². The molecule has 0 spiro atoms. The lowest BCUT2D eigenvalue weighted by Gasteiger charge is -2.14. The number of ether oxygens (including phenoxy) is 2. The fraction of sp³-hybridized carbons (Fsp3) is 0.350. The Bertz CT molecular complexity index is 674. The average molecular weight is 359 g/mol. The van der Waals surface area contributed by atoms with E-state index in [1.165, 1.54) is 4.90 Å². The first-order chi connectivity index (χ1) is 12.1. The Balaban J connectivity index is 1.79. The molecule has 4 nitrogen and oxygen atoms in total. The summed E-state index contributed by atoms with van der Waals surface area (Å²) in [6.45, 7) is 4.43. The van der Waals surface area contributed by atoms with Gasteiger partial charge in [0.15, 0.2) is 11.5 Å². The Kier molecular flexibility index (Phi) is 7.67. The number of nitrogens with one attached hydrogen (secondary N) is 1. The lowest BCUT2D eigenvalue weighted by molar-refractivity contribution is -0.120. The molecule has 1 N–H and O–H groups in total. The van der Waals surface area contributed by atoms with Gasteiger partial charge in [0.1, 0.15) is 0 Å². The first-order valence-corrected chi connectivity index (χ1v) is 9.35. The molecule has 2 aromatic carbocycles. The zero-order valence-corrected chi connectivity index (χ0v) is 15.8. The summed E-state index contributed by atoms with van der Waals surface area (Å²) in [5, 5.41) is 2.95. The van der Waals surface area contributed by atoms with Gasteiger partial charge in [-0.2, -0.15) is 0 Å². The minimum absolute atomic E-state index is 0.0462. The van der Waals surface area contributed by atoms with Crippen molar-refractivity contribution in [3.63, 3.8) is 0 Å². The molecule has 0 fully saturated rings. The highest BCUT2D eigenvalue weighted by molar-refractivity contribution is 7.99. The third-order valence-electron chi connectivity index (χ3n) is 3.42. The molecule has 0 bridgehead atoms. The number of thioether (sulfide) groups is 1. The predicted octanol–water partition coefficient (Wildman–Crippen LogP) is 4.28. The maximum Gasteiger partial charge on any atom is 0.221 e. The van der Waals surface area contributed by atoms with Crippen LogP contribution in [0.15, 0.2) is 53.4 Å². The van der Waals surface area contributed by atoms with E-state index < -0.39 is 0 Å². The normalized spacial score (nSPS) is 10.6. The molecule has 0 aliphatic rings. The summed E-state index contributed by atoms with van der Waals surface area (Å²) in [5.41, 5.74) is 0.983. The van der Waals surface area contributed by atoms with Crippen molar-refractivity contribution in [3.8, 4) is 11.5 Å². The number of amides is 1. The van der Waals surface area contributed by atoms with E-state index in [0.717, 1.165) is 11.3 Å². The van der Waals surface area contributed by atoms with Crippen molar-refractivity contribution in [2.24, 2.45) is 0 Å². The van der Waals surface area contributed by atoms with E-state index >= 15 is 0 Å². The first kappa shape index (κ1) is 19.2. The number of hydrogen-bond acceptors (Lipinski definition) is 4. The van der Waals surface area contributed by atoms with Gasteiger partial charge in [-0.1, -0.05) is 24.3 Å². The van der Waals surface area contributed by atoms with Gasteiger partial charge in [0, 0.05) is 23.6 Å². The zero-order chi connectivity index (χ0) is 18.1. The van der Waals surface area contributed by atoms with Gasteiger partial charge < -0.3 is 14.8 Å². The molecule has 0 aromatic heterocycles. The monoisotopic (exact) mass is 359 g/mol. The Morgan fingerprint density at radius 1 is 1.12 bits per heavy atom. The smallest absolute Gasteiger partial charge is 0.221 e. The molecule has 5 heteroatoms. The van der Waals surface area contributed by atoms with Crippen LogP contribution in [-0.4, -0.2) is 24.9 Å². The fourth-order valence-corrected chi connectivity index (χ4v) is 3.11. The maximum atomic E-state index is 12.0. The van der Waals surface area contributed by atoms with Gasteiger partial charge in [0.2, 0.25) is 5.91 Å². The van der Waals surface area contributed by atoms with E-state index in [-0.39, 0.29) is 12.0 Å². The van der Waals surface area contributed by atoms with E-state index in [1.807, 2.05) is 50.2 Å². The first-order valence-electron chi connectivity index (χ1n) is 8.36. The van der Waals surface area contributed by atoms with E-state index in [9.17, 15) is 4.79 Å². The molecule has 0 aliphatic carbocycles. The minimum atomic E-state index is 0.0462. The molecule has 0 saturated heterocycles. The van der Waals surface area contributed by atoms with Gasteiger partial charge in [0.25, 0.3) is 0 Å². The molecule has 0 atom stereocenters. The molecule has 2 aromatic rings. The summed E-state index contributed by atoms with van der Waals surface area (Å²) in [6, 6.07) is 15.8. The molecule has 0 aliphatic heterocycles. The topological polar surface area (TPSA) is 47.6 Å². The van der Waals surface area contributed by atoms with Crippen LogP contribution in [0, 0.1) is 0 Å². The van der Waals surface area contributed by atoms with Crippen LogP contribution in [0.1, 0.15) is 25.8 Å². The summed E-state index contributed by atoms with van der Waals surface area (Å²) >= 11 is 1.69. The maximum absolute atomic E-state index is 12.0. The Morgan fingerprint density at radius 3 is 2.56 bits per heavy atom. The van der Waals surface area contributed by atoms with Crippen LogP contribution >= 0.6 is 11.8 Å². The van der Waals surface area contributed by atoms with Gasteiger partial charge in [-0.15, -0.1) is 11.8 Å². The molecule has 25 heavy (non-hydrogen) atoms. The van der Waals surface area contributed by atoms with Crippen LogP contribution < -0.4 is 14.8 Å². The quantitative estimate of drug-likeness (QED) is 0.679. The van der Waals surface area contributed by atoms with Gasteiger partial charge in [0.05, 0.1) is 13.2 Å². The number of methoxy groups -OCH3 is 1. The molecule has 0 heterocycles. The summed E-state index contributed by atoms with van der Waals surface area (Å²) in [6.07, 6.45) is 0.576. The zero-order valence-electron chi connectivity index (χ0n) is 15.0. The fourth-order valence-electron chi connectivity index (χ4n) is 2.24. The summed E-state index contributed by atoms with van der Waals surface area (Å²) in [4.78, 5) is 13.2. The van der Waals surface area contributed by atoms with Crippen LogP contribution in [0.25, 0.3) is 0 Å². The van der Waals surface area contributed by atoms with Gasteiger partial charge in [-0.25, -0.2) is 0 Å². The van der Waals surface area contributed by atoms with Gasteiger partial charge in [-0.3, -0.25) is 4.79 Å². The SMILES string of the molecule is COc1cc(CNC(=O)CCSc2ccccc2)ccc1OC(C)C. The second-order valence-electron chi connectivity index (χ2n) is 5.84. The summed E-state index contributed by atoms with van der Waals surface area (Å²) in [5.74, 6) is 2.21. The Morgan fingerprint density at radius 2 is 1.88 bits per heavy atom. The molecular formula is C20H25NO3S. The number of benzene rings is 2. The third-order valence-corrected chi connectivity index (χ3v) is 4.44. The standard InChI is InChI=1S/C20H25NO3S/c1-15(2)24-18-10-9-16(13-19(18)23-3)14-21-20(22)11-12-25-17-7-5-4-6-8-17/h4-10,13,15H,11-12,14H2,1-3H3,(H,21,22). The third kappa shape index (κ3) is 6.70. The van der Waals surface area contributed by atoms with Crippen molar-refractivity contribution in [2.75, 3.05) is 12.9 Å². The van der Waals surface area contributed by atoms with E-state index in [4.69, 9.17) is 9.47 Å². The molecule has 0 unspecified atom stereocenters. The summed E-state index contributed by atoms with van der Waals surface area (Å²) < 4.78 is 11.1. The van der Waals surface area contributed by atoms with Crippen molar-refractivity contribution >= 4 is 17.7 Å². The molecular weight excluding hydrogens is 334 g/mol. The summed E-state index contributed by atoms with van der Waals surface area (Å²) in [7, 11) is 1.62. The molecule has 134 valence electrons. The van der Waals surface area contributed by atoms with Crippen LogP contribution in [0.3, 0.4) is 0 Å². The van der Waals surface area contributed by atoms with Crippen molar-refractivity contribution in [2.45, 2.75) is 37.8 Å². The lowest BCUT2D eigenvalue weighted by atomic mass is 10.2. The number of hydrogen-bond donors (Lipinski definition) is 1. The largest absolute Gasteiger partial charge is 0.493 e. The van der Waals surface area contributed by atoms with Crippen LogP contribution in [0.2, 0.25) is 0 Å².